The van der Waals surface area contributed by atoms with Gasteiger partial charge in [-0.2, -0.15) is 0 Å². The van der Waals surface area contributed by atoms with Gasteiger partial charge in [-0.25, -0.2) is 0 Å². The lowest BCUT2D eigenvalue weighted by Gasteiger charge is -2.36. The minimum absolute atomic E-state index is 0.0842. The van der Waals surface area contributed by atoms with Crippen molar-refractivity contribution in [2.75, 3.05) is 13.1 Å². The maximum atomic E-state index is 12.3. The van der Waals surface area contributed by atoms with Crippen molar-refractivity contribution >= 4 is 5.91 Å². The van der Waals surface area contributed by atoms with E-state index in [0.717, 1.165) is 32.2 Å². The van der Waals surface area contributed by atoms with Crippen LogP contribution in [0.5, 0.6) is 0 Å². The predicted molar refractivity (Wildman–Crippen MR) is 77.8 cm³/mol. The van der Waals surface area contributed by atoms with Gasteiger partial charge in [-0.1, -0.05) is 19.3 Å². The molecule has 19 heavy (non-hydrogen) atoms. The van der Waals surface area contributed by atoms with Crippen molar-refractivity contribution in [1.82, 2.24) is 10.6 Å². The van der Waals surface area contributed by atoms with Gasteiger partial charge in [0, 0.05) is 18.5 Å². The van der Waals surface area contributed by atoms with Crippen molar-refractivity contribution in [3.8, 4) is 0 Å². The summed E-state index contributed by atoms with van der Waals surface area (Å²) in [7, 11) is 0. The summed E-state index contributed by atoms with van der Waals surface area (Å²) < 4.78 is 0. The van der Waals surface area contributed by atoms with Gasteiger partial charge in [-0.15, -0.1) is 0 Å². The first-order valence-electron chi connectivity index (χ1n) is 7.86. The Balaban J connectivity index is 1.82. The molecule has 0 radical (unpaired) electrons. The van der Waals surface area contributed by atoms with E-state index < -0.39 is 0 Å². The van der Waals surface area contributed by atoms with Crippen LogP contribution in [0, 0.1) is 5.41 Å². The van der Waals surface area contributed by atoms with Gasteiger partial charge in [0.15, 0.2) is 0 Å². The van der Waals surface area contributed by atoms with E-state index in [1.807, 2.05) is 0 Å². The second kappa shape index (κ2) is 6.71. The van der Waals surface area contributed by atoms with Crippen LogP contribution < -0.4 is 16.4 Å². The molecule has 110 valence electrons. The van der Waals surface area contributed by atoms with Crippen LogP contribution in [0.4, 0.5) is 0 Å². The number of hydrogen-bond acceptors (Lipinski definition) is 3. The lowest BCUT2D eigenvalue weighted by atomic mass is 9.71. The molecule has 2 atom stereocenters. The van der Waals surface area contributed by atoms with E-state index >= 15 is 0 Å². The van der Waals surface area contributed by atoms with Gasteiger partial charge in [-0.3, -0.25) is 4.79 Å². The molecule has 0 spiro atoms. The SMILES string of the molecule is CC1CC(NC(=O)CC2(CN)CCCCC2)CCN1. The lowest BCUT2D eigenvalue weighted by molar-refractivity contribution is -0.124. The Kier molecular flexibility index (Phi) is 5.22. The van der Waals surface area contributed by atoms with Gasteiger partial charge in [0.05, 0.1) is 0 Å². The van der Waals surface area contributed by atoms with E-state index in [-0.39, 0.29) is 11.3 Å². The van der Waals surface area contributed by atoms with Gasteiger partial charge >= 0.3 is 0 Å². The van der Waals surface area contributed by atoms with Crippen LogP contribution in [0.1, 0.15) is 58.3 Å². The van der Waals surface area contributed by atoms with Crippen molar-refractivity contribution in [2.24, 2.45) is 11.1 Å². The molecule has 0 aromatic carbocycles. The van der Waals surface area contributed by atoms with E-state index in [1.54, 1.807) is 0 Å². The third kappa shape index (κ3) is 4.18. The number of carbonyl (C=O) groups is 1. The highest BCUT2D eigenvalue weighted by atomic mass is 16.1. The monoisotopic (exact) mass is 267 g/mol. The lowest BCUT2D eigenvalue weighted by Crippen LogP contribution is -2.48. The van der Waals surface area contributed by atoms with Crippen molar-refractivity contribution in [2.45, 2.75) is 70.4 Å². The first-order chi connectivity index (χ1) is 9.13. The first-order valence-corrected chi connectivity index (χ1v) is 7.86. The number of amides is 1. The number of nitrogens with two attached hydrogens (primary N) is 1. The van der Waals surface area contributed by atoms with Gasteiger partial charge in [0.1, 0.15) is 0 Å². The second-order valence-corrected chi connectivity index (χ2v) is 6.59. The van der Waals surface area contributed by atoms with E-state index in [1.165, 1.54) is 19.3 Å². The maximum Gasteiger partial charge on any atom is 0.220 e. The normalized spacial score (nSPS) is 30.8. The second-order valence-electron chi connectivity index (χ2n) is 6.59. The van der Waals surface area contributed by atoms with Crippen molar-refractivity contribution in [3.05, 3.63) is 0 Å². The van der Waals surface area contributed by atoms with Crippen molar-refractivity contribution in [1.29, 1.82) is 0 Å². The zero-order valence-electron chi connectivity index (χ0n) is 12.2. The van der Waals surface area contributed by atoms with E-state index in [0.29, 0.717) is 25.0 Å². The molecule has 4 nitrogen and oxygen atoms in total. The number of rotatable bonds is 4. The Hall–Kier alpha value is -0.610. The minimum Gasteiger partial charge on any atom is -0.353 e. The Bertz CT molecular complexity index is 300. The first kappa shape index (κ1) is 14.8. The van der Waals surface area contributed by atoms with Gasteiger partial charge < -0.3 is 16.4 Å². The molecule has 1 amide bonds. The topological polar surface area (TPSA) is 67.2 Å². The molecule has 4 N–H and O–H groups in total. The van der Waals surface area contributed by atoms with E-state index in [9.17, 15) is 4.79 Å². The molecule has 2 aliphatic rings. The Morgan fingerprint density at radius 3 is 2.74 bits per heavy atom. The molecular formula is C15H29N3O. The molecular weight excluding hydrogens is 238 g/mol. The van der Waals surface area contributed by atoms with Crippen LogP contribution in [0.2, 0.25) is 0 Å². The highest BCUT2D eigenvalue weighted by Crippen LogP contribution is 2.38. The van der Waals surface area contributed by atoms with Crippen LogP contribution in [-0.2, 0) is 4.79 Å². The Labute approximate surface area is 116 Å². The summed E-state index contributed by atoms with van der Waals surface area (Å²) in [6.45, 7) is 3.85. The molecule has 2 fully saturated rings. The summed E-state index contributed by atoms with van der Waals surface area (Å²) in [4.78, 5) is 12.3. The van der Waals surface area contributed by atoms with Crippen LogP contribution in [0.3, 0.4) is 0 Å². The van der Waals surface area contributed by atoms with Gasteiger partial charge in [-0.05, 0) is 51.1 Å². The molecule has 0 aromatic heterocycles. The number of carbonyl (C=O) groups excluding carboxylic acids is 1. The summed E-state index contributed by atoms with van der Waals surface area (Å²) in [6, 6.07) is 0.861. The standard InChI is InChI=1S/C15H29N3O/c1-12-9-13(5-8-17-12)18-14(19)10-15(11-16)6-3-2-4-7-15/h12-13,17H,2-11,16H2,1H3,(H,18,19). The van der Waals surface area contributed by atoms with Crippen molar-refractivity contribution < 1.29 is 4.79 Å². The highest BCUT2D eigenvalue weighted by molar-refractivity contribution is 5.77. The van der Waals surface area contributed by atoms with Crippen molar-refractivity contribution in [3.63, 3.8) is 0 Å². The summed E-state index contributed by atoms with van der Waals surface area (Å²) >= 11 is 0. The van der Waals surface area contributed by atoms with Gasteiger partial charge in [0.25, 0.3) is 0 Å². The highest BCUT2D eigenvalue weighted by Gasteiger charge is 2.33. The Morgan fingerprint density at radius 2 is 2.11 bits per heavy atom. The average Bonchev–Trinajstić information content (AvgIpc) is 2.39. The molecule has 2 unspecified atom stereocenters. The van der Waals surface area contributed by atoms with Crippen LogP contribution in [0.25, 0.3) is 0 Å². The molecule has 0 bridgehead atoms. The fourth-order valence-electron chi connectivity index (χ4n) is 3.64. The van der Waals surface area contributed by atoms with Crippen LogP contribution in [-0.4, -0.2) is 31.1 Å². The summed E-state index contributed by atoms with van der Waals surface area (Å²) in [5.74, 6) is 0.214. The molecule has 1 aliphatic carbocycles. The zero-order chi connectivity index (χ0) is 13.7. The molecule has 4 heteroatoms. The number of nitrogens with one attached hydrogen (secondary N) is 2. The largest absolute Gasteiger partial charge is 0.353 e. The number of piperidine rings is 1. The summed E-state index contributed by atoms with van der Waals surface area (Å²) in [5.41, 5.74) is 6.04. The minimum atomic E-state index is 0.0842. The Morgan fingerprint density at radius 1 is 1.37 bits per heavy atom. The summed E-state index contributed by atoms with van der Waals surface area (Å²) in [6.07, 6.45) is 8.73. The molecule has 1 saturated carbocycles. The zero-order valence-corrected chi connectivity index (χ0v) is 12.2. The fourth-order valence-corrected chi connectivity index (χ4v) is 3.64. The van der Waals surface area contributed by atoms with Gasteiger partial charge in [0.2, 0.25) is 5.91 Å². The summed E-state index contributed by atoms with van der Waals surface area (Å²) in [5, 5.41) is 6.64. The van der Waals surface area contributed by atoms with Crippen LogP contribution >= 0.6 is 0 Å². The predicted octanol–water partition coefficient (Wildman–Crippen LogP) is 1.54. The third-order valence-corrected chi connectivity index (χ3v) is 4.87. The molecule has 2 rings (SSSR count). The smallest absolute Gasteiger partial charge is 0.220 e. The maximum absolute atomic E-state index is 12.3. The number of hydrogen-bond donors (Lipinski definition) is 3. The molecule has 1 heterocycles. The quantitative estimate of drug-likeness (QED) is 0.724. The van der Waals surface area contributed by atoms with E-state index in [2.05, 4.69) is 17.6 Å². The molecule has 1 aliphatic heterocycles. The average molecular weight is 267 g/mol. The molecule has 0 aromatic rings. The molecule has 1 saturated heterocycles. The van der Waals surface area contributed by atoms with E-state index in [4.69, 9.17) is 5.73 Å². The van der Waals surface area contributed by atoms with Crippen LogP contribution in [0.15, 0.2) is 0 Å². The third-order valence-electron chi connectivity index (χ3n) is 4.87. The fraction of sp³-hybridized carbons (Fsp3) is 0.933.